The molecular weight excluding hydrogens is 537 g/mol. The van der Waals surface area contributed by atoms with Crippen LogP contribution in [-0.2, 0) is 26.5 Å². The molecule has 2 saturated heterocycles. The van der Waals surface area contributed by atoms with Crippen LogP contribution in [0.1, 0.15) is 35.4 Å². The lowest BCUT2D eigenvalue weighted by molar-refractivity contribution is -0.271. The Bertz CT molecular complexity index is 1360. The van der Waals surface area contributed by atoms with E-state index in [1.54, 1.807) is 6.07 Å². The number of amides is 2. The normalized spacial score (nSPS) is 20.0. The Morgan fingerprint density at radius 3 is 2.22 bits per heavy atom. The average Bonchev–Trinajstić information content (AvgIpc) is 2.98. The Kier molecular flexibility index (Phi) is 7.95. The quantitative estimate of drug-likeness (QED) is 0.404. The summed E-state index contributed by atoms with van der Waals surface area (Å²) in [6.07, 6.45) is -5.31. The number of rotatable bonds is 7. The van der Waals surface area contributed by atoms with Crippen molar-refractivity contribution in [1.82, 2.24) is 10.2 Å². The van der Waals surface area contributed by atoms with Gasteiger partial charge < -0.3 is 24.4 Å². The third kappa shape index (κ3) is 5.36. The first-order chi connectivity index (χ1) is 19.7. The van der Waals surface area contributed by atoms with Crippen LogP contribution in [-0.4, -0.2) is 55.4 Å². The van der Waals surface area contributed by atoms with Crippen LogP contribution in [0.15, 0.2) is 84.9 Å². The third-order valence-electron chi connectivity index (χ3n) is 8.00. The Balaban J connectivity index is 1.40. The maximum Gasteiger partial charge on any atom is 0.430 e. The van der Waals surface area contributed by atoms with Gasteiger partial charge in [-0.15, -0.1) is 0 Å². The largest absolute Gasteiger partial charge is 0.489 e. The summed E-state index contributed by atoms with van der Waals surface area (Å²) >= 11 is 0. The van der Waals surface area contributed by atoms with Crippen LogP contribution in [0.5, 0.6) is 5.75 Å². The summed E-state index contributed by atoms with van der Waals surface area (Å²) in [5.41, 5.74) is -2.68. The molecular formula is C31H31F3N2O5. The van der Waals surface area contributed by atoms with Crippen LogP contribution in [0.4, 0.5) is 18.0 Å². The van der Waals surface area contributed by atoms with Crippen molar-refractivity contribution in [1.29, 1.82) is 0 Å². The van der Waals surface area contributed by atoms with Crippen LogP contribution in [0.25, 0.3) is 0 Å². The molecule has 0 aliphatic carbocycles. The number of ether oxygens (including phenoxy) is 3. The van der Waals surface area contributed by atoms with Crippen molar-refractivity contribution < 1.29 is 37.0 Å². The molecule has 5 rings (SSSR count). The van der Waals surface area contributed by atoms with Crippen molar-refractivity contribution in [3.05, 3.63) is 102 Å². The first kappa shape index (κ1) is 28.5. The number of halogens is 3. The Morgan fingerprint density at radius 2 is 1.59 bits per heavy atom. The molecule has 2 fully saturated rings. The molecule has 0 aromatic heterocycles. The molecule has 216 valence electrons. The second kappa shape index (κ2) is 11.4. The number of methoxy groups -OCH3 is 1. The molecule has 1 N–H and O–H groups in total. The first-order valence-corrected chi connectivity index (χ1v) is 13.4. The van der Waals surface area contributed by atoms with Gasteiger partial charge in [0.05, 0.1) is 0 Å². The van der Waals surface area contributed by atoms with E-state index in [0.717, 1.165) is 23.1 Å². The van der Waals surface area contributed by atoms with Gasteiger partial charge in [-0.1, -0.05) is 78.9 Å². The lowest BCUT2D eigenvalue weighted by Crippen LogP contribution is -2.62. The highest BCUT2D eigenvalue weighted by Gasteiger charge is 2.64. The molecule has 2 heterocycles. The highest BCUT2D eigenvalue weighted by Crippen LogP contribution is 2.47. The summed E-state index contributed by atoms with van der Waals surface area (Å²) in [6, 6.07) is 24.1. The second-order valence-electron chi connectivity index (χ2n) is 10.2. The van der Waals surface area contributed by atoms with Crippen LogP contribution in [0.2, 0.25) is 0 Å². The van der Waals surface area contributed by atoms with Gasteiger partial charge in [0.1, 0.15) is 18.0 Å². The predicted molar refractivity (Wildman–Crippen MR) is 144 cm³/mol. The molecule has 2 aliphatic rings. The molecule has 3 aromatic rings. The van der Waals surface area contributed by atoms with Crippen molar-refractivity contribution >= 4 is 12.0 Å². The fourth-order valence-corrected chi connectivity index (χ4v) is 5.86. The number of hydrogen-bond acceptors (Lipinski definition) is 5. The molecule has 2 atom stereocenters. The predicted octanol–water partition coefficient (Wildman–Crippen LogP) is 5.55. The third-order valence-corrected chi connectivity index (χ3v) is 8.00. The summed E-state index contributed by atoms with van der Waals surface area (Å²) in [7, 11) is 0.890. The molecule has 0 saturated carbocycles. The number of nitrogens with zero attached hydrogens (tertiary/aromatic N) is 1. The van der Waals surface area contributed by atoms with Crippen molar-refractivity contribution in [2.45, 2.75) is 42.7 Å². The Labute approximate surface area is 236 Å². The fraction of sp³-hybridized carbons (Fsp3) is 0.355. The van der Waals surface area contributed by atoms with Crippen LogP contribution in [0, 0.1) is 0 Å². The van der Waals surface area contributed by atoms with E-state index < -0.39 is 29.4 Å². The highest BCUT2D eigenvalue weighted by atomic mass is 19.4. The summed E-state index contributed by atoms with van der Waals surface area (Å²) in [5.74, 6) is -0.927. The maximum atomic E-state index is 14.5. The van der Waals surface area contributed by atoms with Gasteiger partial charge in [-0.25, -0.2) is 4.79 Å². The van der Waals surface area contributed by atoms with Crippen LogP contribution >= 0.6 is 0 Å². The van der Waals surface area contributed by atoms with E-state index in [1.807, 2.05) is 54.6 Å². The van der Waals surface area contributed by atoms with E-state index in [9.17, 15) is 22.8 Å². The van der Waals surface area contributed by atoms with Crippen molar-refractivity contribution in [3.63, 3.8) is 0 Å². The summed E-state index contributed by atoms with van der Waals surface area (Å²) in [6.45, 7) is 0.490. The topological polar surface area (TPSA) is 77.1 Å². The monoisotopic (exact) mass is 568 g/mol. The summed E-state index contributed by atoms with van der Waals surface area (Å²) in [4.78, 5) is 27.2. The SMILES string of the molecule is CO[C@@](C(=O)N1CCC2(CC1)OC(=O)NC[C@@H]2c1ccccc1OCc1ccccc1)(c1ccccc1)C(F)(F)F. The number of para-hydroxylation sites is 1. The van der Waals surface area contributed by atoms with E-state index in [0.29, 0.717) is 12.4 Å². The van der Waals surface area contributed by atoms with Crippen molar-refractivity contribution in [3.8, 4) is 5.75 Å². The number of carbonyl (C=O) groups excluding carboxylic acids is 2. The van der Waals surface area contributed by atoms with Crippen molar-refractivity contribution in [2.24, 2.45) is 0 Å². The summed E-state index contributed by atoms with van der Waals surface area (Å²) in [5, 5.41) is 2.75. The van der Waals surface area contributed by atoms with E-state index in [1.165, 1.54) is 24.3 Å². The van der Waals surface area contributed by atoms with Gasteiger partial charge in [0, 0.05) is 56.6 Å². The molecule has 7 nitrogen and oxygen atoms in total. The summed E-state index contributed by atoms with van der Waals surface area (Å²) < 4.78 is 60.6. The lowest BCUT2D eigenvalue weighted by Gasteiger charge is -2.49. The molecule has 0 unspecified atom stereocenters. The number of benzene rings is 3. The van der Waals surface area contributed by atoms with Crippen LogP contribution < -0.4 is 10.1 Å². The molecule has 0 bridgehead atoms. The molecule has 10 heteroatoms. The number of piperidine rings is 1. The van der Waals surface area contributed by atoms with Gasteiger partial charge in [-0.2, -0.15) is 13.2 Å². The van der Waals surface area contributed by atoms with E-state index in [2.05, 4.69) is 5.32 Å². The van der Waals surface area contributed by atoms with Gasteiger partial charge in [0.2, 0.25) is 0 Å². The highest BCUT2D eigenvalue weighted by molar-refractivity contribution is 5.88. The number of hydrogen-bond donors (Lipinski definition) is 1. The maximum absolute atomic E-state index is 14.5. The minimum absolute atomic E-state index is 0.0519. The molecule has 2 aliphatic heterocycles. The minimum atomic E-state index is -5.01. The zero-order chi connectivity index (χ0) is 29.1. The Hall–Kier alpha value is -4.05. The Morgan fingerprint density at radius 1 is 0.976 bits per heavy atom. The molecule has 41 heavy (non-hydrogen) atoms. The number of alkyl carbamates (subject to hydrolysis) is 1. The zero-order valence-electron chi connectivity index (χ0n) is 22.5. The van der Waals surface area contributed by atoms with Gasteiger partial charge in [-0.05, 0) is 11.6 Å². The number of alkyl halides is 3. The lowest BCUT2D eigenvalue weighted by atomic mass is 9.74. The fourth-order valence-electron chi connectivity index (χ4n) is 5.86. The van der Waals surface area contributed by atoms with E-state index in [-0.39, 0.29) is 44.0 Å². The first-order valence-electron chi connectivity index (χ1n) is 13.4. The van der Waals surface area contributed by atoms with Gasteiger partial charge >= 0.3 is 12.3 Å². The molecule has 1 spiro atoms. The smallest absolute Gasteiger partial charge is 0.430 e. The average molecular weight is 569 g/mol. The van der Waals surface area contributed by atoms with Crippen molar-refractivity contribution in [2.75, 3.05) is 26.7 Å². The number of likely N-dealkylation sites (tertiary alicyclic amines) is 1. The van der Waals surface area contributed by atoms with Gasteiger partial charge in [0.25, 0.3) is 11.5 Å². The standard InChI is InChI=1S/C31H31F3N2O5/c1-39-30(31(32,33)34,23-12-6-3-7-13-23)27(37)36-18-16-29(17-19-36)25(20-35-28(38)41-29)24-14-8-9-15-26(24)40-21-22-10-4-2-5-11-22/h2-15,25H,16-21H2,1H3,(H,35,38)/t25-,30-/m1/s1. The number of carbonyl (C=O) groups is 2. The van der Waals surface area contributed by atoms with Gasteiger partial charge in [0.15, 0.2) is 0 Å². The minimum Gasteiger partial charge on any atom is -0.489 e. The second-order valence-corrected chi connectivity index (χ2v) is 10.2. The number of nitrogens with one attached hydrogen (secondary N) is 1. The van der Waals surface area contributed by atoms with Gasteiger partial charge in [-0.3, -0.25) is 4.79 Å². The van der Waals surface area contributed by atoms with Crippen LogP contribution in [0.3, 0.4) is 0 Å². The van der Waals surface area contributed by atoms with E-state index >= 15 is 0 Å². The molecule has 2 amide bonds. The van der Waals surface area contributed by atoms with E-state index in [4.69, 9.17) is 14.2 Å². The molecule has 3 aromatic carbocycles. The molecule has 0 radical (unpaired) electrons. The zero-order valence-corrected chi connectivity index (χ0v) is 22.5.